The standard InChI is InChI=1S/C15H22BrN3O2/c1-15(2,3)21-14(20)19-7-6-11(9-19)18-13-8-10(16)4-5-12(13)17/h4-5,8,11,18H,6-7,9,17H2,1-3H3. The highest BCUT2D eigenvalue weighted by Crippen LogP contribution is 2.26. The molecule has 0 aromatic heterocycles. The first-order valence-electron chi connectivity index (χ1n) is 7.04. The number of ether oxygens (including phenoxy) is 1. The van der Waals surface area contributed by atoms with Crippen LogP contribution in [-0.2, 0) is 4.74 Å². The number of hydrogen-bond donors (Lipinski definition) is 2. The third-order valence-corrected chi connectivity index (χ3v) is 3.71. The molecule has 1 aliphatic heterocycles. The van der Waals surface area contributed by atoms with E-state index in [-0.39, 0.29) is 12.1 Å². The molecule has 3 N–H and O–H groups in total. The lowest BCUT2D eigenvalue weighted by Gasteiger charge is -2.24. The minimum Gasteiger partial charge on any atom is -0.444 e. The van der Waals surface area contributed by atoms with Gasteiger partial charge in [-0.2, -0.15) is 0 Å². The number of anilines is 2. The van der Waals surface area contributed by atoms with Gasteiger partial charge in [0.25, 0.3) is 0 Å². The molecular weight excluding hydrogens is 334 g/mol. The SMILES string of the molecule is CC(C)(C)OC(=O)N1CCC(Nc2cc(Br)ccc2N)C1. The topological polar surface area (TPSA) is 67.6 Å². The summed E-state index contributed by atoms with van der Waals surface area (Å²) in [5.41, 5.74) is 7.09. The Labute approximate surface area is 134 Å². The molecule has 1 atom stereocenters. The summed E-state index contributed by atoms with van der Waals surface area (Å²) in [5, 5.41) is 3.39. The Morgan fingerprint density at radius 2 is 2.19 bits per heavy atom. The fourth-order valence-corrected chi connectivity index (χ4v) is 2.60. The molecule has 6 heteroatoms. The monoisotopic (exact) mass is 355 g/mol. The number of rotatable bonds is 2. The van der Waals surface area contributed by atoms with Crippen LogP contribution >= 0.6 is 15.9 Å². The van der Waals surface area contributed by atoms with E-state index < -0.39 is 5.60 Å². The lowest BCUT2D eigenvalue weighted by Crippen LogP contribution is -2.36. The molecule has 1 heterocycles. The maximum Gasteiger partial charge on any atom is 0.410 e. The molecule has 0 spiro atoms. The molecular formula is C15H22BrN3O2. The van der Waals surface area contributed by atoms with E-state index in [4.69, 9.17) is 10.5 Å². The molecule has 1 aromatic carbocycles. The Balaban J connectivity index is 1.93. The van der Waals surface area contributed by atoms with Crippen LogP contribution in [-0.4, -0.2) is 35.7 Å². The third kappa shape index (κ3) is 4.52. The number of nitrogen functional groups attached to an aromatic ring is 1. The minimum atomic E-state index is -0.461. The van der Waals surface area contributed by atoms with Gasteiger partial charge in [0.15, 0.2) is 0 Å². The van der Waals surface area contributed by atoms with Gasteiger partial charge in [-0.1, -0.05) is 15.9 Å². The summed E-state index contributed by atoms with van der Waals surface area (Å²) in [5.74, 6) is 0. The highest BCUT2D eigenvalue weighted by atomic mass is 79.9. The summed E-state index contributed by atoms with van der Waals surface area (Å²) in [7, 11) is 0. The van der Waals surface area contributed by atoms with E-state index in [1.807, 2.05) is 39.0 Å². The number of nitrogens with zero attached hydrogens (tertiary/aromatic N) is 1. The smallest absolute Gasteiger partial charge is 0.410 e. The van der Waals surface area contributed by atoms with Crippen LogP contribution in [0.4, 0.5) is 16.2 Å². The van der Waals surface area contributed by atoms with E-state index in [9.17, 15) is 4.79 Å². The van der Waals surface area contributed by atoms with Crippen LogP contribution in [0.1, 0.15) is 27.2 Å². The fourth-order valence-electron chi connectivity index (χ4n) is 2.24. The molecule has 1 fully saturated rings. The van der Waals surface area contributed by atoms with Gasteiger partial charge < -0.3 is 20.7 Å². The van der Waals surface area contributed by atoms with Crippen molar-refractivity contribution in [1.29, 1.82) is 0 Å². The number of halogens is 1. The molecule has 116 valence electrons. The molecule has 0 bridgehead atoms. The van der Waals surface area contributed by atoms with Crippen LogP contribution in [0.15, 0.2) is 22.7 Å². The zero-order chi connectivity index (χ0) is 15.6. The molecule has 5 nitrogen and oxygen atoms in total. The van der Waals surface area contributed by atoms with Crippen molar-refractivity contribution in [2.45, 2.75) is 38.8 Å². The zero-order valence-electron chi connectivity index (χ0n) is 12.6. The highest BCUT2D eigenvalue weighted by Gasteiger charge is 2.29. The molecule has 1 unspecified atom stereocenters. The first-order chi connectivity index (χ1) is 9.74. The van der Waals surface area contributed by atoms with Crippen molar-refractivity contribution in [1.82, 2.24) is 4.90 Å². The van der Waals surface area contributed by atoms with Crippen LogP contribution in [0.2, 0.25) is 0 Å². The molecule has 1 amide bonds. The second kappa shape index (κ2) is 6.13. The Bertz CT molecular complexity index is 528. The van der Waals surface area contributed by atoms with Crippen molar-refractivity contribution in [3.05, 3.63) is 22.7 Å². The molecule has 0 radical (unpaired) electrons. The summed E-state index contributed by atoms with van der Waals surface area (Å²) in [6, 6.07) is 5.90. The summed E-state index contributed by atoms with van der Waals surface area (Å²) < 4.78 is 6.36. The number of amides is 1. The van der Waals surface area contributed by atoms with Crippen molar-refractivity contribution in [2.75, 3.05) is 24.1 Å². The molecule has 1 aromatic rings. The Hall–Kier alpha value is -1.43. The summed E-state index contributed by atoms with van der Waals surface area (Å²) in [4.78, 5) is 13.8. The molecule has 1 saturated heterocycles. The van der Waals surface area contributed by atoms with E-state index in [2.05, 4.69) is 21.2 Å². The summed E-state index contributed by atoms with van der Waals surface area (Å²) in [6.45, 7) is 6.94. The number of benzene rings is 1. The molecule has 2 rings (SSSR count). The van der Waals surface area contributed by atoms with E-state index in [1.165, 1.54) is 0 Å². The van der Waals surface area contributed by atoms with E-state index in [0.29, 0.717) is 18.8 Å². The van der Waals surface area contributed by atoms with Crippen molar-refractivity contribution < 1.29 is 9.53 Å². The largest absolute Gasteiger partial charge is 0.444 e. The minimum absolute atomic E-state index is 0.189. The van der Waals surface area contributed by atoms with Crippen LogP contribution in [0.25, 0.3) is 0 Å². The van der Waals surface area contributed by atoms with Crippen LogP contribution in [0.5, 0.6) is 0 Å². The van der Waals surface area contributed by atoms with Gasteiger partial charge in [-0.15, -0.1) is 0 Å². The Kier molecular flexibility index (Phi) is 4.66. The van der Waals surface area contributed by atoms with E-state index in [1.54, 1.807) is 4.90 Å². The van der Waals surface area contributed by atoms with Gasteiger partial charge in [0.05, 0.1) is 11.4 Å². The van der Waals surface area contributed by atoms with E-state index in [0.717, 1.165) is 16.6 Å². The number of likely N-dealkylation sites (tertiary alicyclic amines) is 1. The summed E-state index contributed by atoms with van der Waals surface area (Å²) >= 11 is 3.43. The number of carbonyl (C=O) groups is 1. The molecule has 0 saturated carbocycles. The second-order valence-electron chi connectivity index (χ2n) is 6.29. The maximum atomic E-state index is 12.0. The van der Waals surface area contributed by atoms with Gasteiger partial charge in [-0.3, -0.25) is 0 Å². The number of nitrogens with two attached hydrogens (primary N) is 1. The Morgan fingerprint density at radius 3 is 2.86 bits per heavy atom. The number of hydrogen-bond acceptors (Lipinski definition) is 4. The van der Waals surface area contributed by atoms with Gasteiger partial charge in [-0.05, 0) is 45.4 Å². The van der Waals surface area contributed by atoms with Gasteiger partial charge >= 0.3 is 6.09 Å². The van der Waals surface area contributed by atoms with Gasteiger partial charge in [0, 0.05) is 23.6 Å². The number of nitrogens with one attached hydrogen (secondary N) is 1. The van der Waals surface area contributed by atoms with Crippen LogP contribution < -0.4 is 11.1 Å². The van der Waals surface area contributed by atoms with E-state index >= 15 is 0 Å². The van der Waals surface area contributed by atoms with Crippen molar-refractivity contribution >= 4 is 33.4 Å². The maximum absolute atomic E-state index is 12.0. The van der Waals surface area contributed by atoms with Crippen LogP contribution in [0, 0.1) is 0 Å². The molecule has 1 aliphatic rings. The first kappa shape index (κ1) is 15.9. The lowest BCUT2D eigenvalue weighted by atomic mass is 10.2. The fraction of sp³-hybridized carbons (Fsp3) is 0.533. The quantitative estimate of drug-likeness (QED) is 0.797. The van der Waals surface area contributed by atoms with Crippen LogP contribution in [0.3, 0.4) is 0 Å². The predicted octanol–water partition coefficient (Wildman–Crippen LogP) is 3.45. The molecule has 0 aliphatic carbocycles. The first-order valence-corrected chi connectivity index (χ1v) is 7.83. The zero-order valence-corrected chi connectivity index (χ0v) is 14.2. The number of carbonyl (C=O) groups excluding carboxylic acids is 1. The van der Waals surface area contributed by atoms with Gasteiger partial charge in [0.2, 0.25) is 0 Å². The summed E-state index contributed by atoms with van der Waals surface area (Å²) in [6.07, 6.45) is 0.625. The van der Waals surface area contributed by atoms with Crippen molar-refractivity contribution in [2.24, 2.45) is 0 Å². The predicted molar refractivity (Wildman–Crippen MR) is 88.4 cm³/mol. The average molecular weight is 356 g/mol. The Morgan fingerprint density at radius 1 is 1.48 bits per heavy atom. The lowest BCUT2D eigenvalue weighted by molar-refractivity contribution is 0.0293. The molecule has 21 heavy (non-hydrogen) atoms. The average Bonchev–Trinajstić information content (AvgIpc) is 2.80. The normalized spacial score (nSPS) is 18.7. The third-order valence-electron chi connectivity index (χ3n) is 3.21. The van der Waals surface area contributed by atoms with Crippen molar-refractivity contribution in [3.8, 4) is 0 Å². The van der Waals surface area contributed by atoms with Crippen molar-refractivity contribution in [3.63, 3.8) is 0 Å². The van der Waals surface area contributed by atoms with Gasteiger partial charge in [0.1, 0.15) is 5.60 Å². The van der Waals surface area contributed by atoms with Gasteiger partial charge in [-0.25, -0.2) is 4.79 Å². The second-order valence-corrected chi connectivity index (χ2v) is 7.20. The highest BCUT2D eigenvalue weighted by molar-refractivity contribution is 9.10.